The van der Waals surface area contributed by atoms with Gasteiger partial charge in [0, 0.05) is 29.1 Å². The van der Waals surface area contributed by atoms with Gasteiger partial charge in [-0.2, -0.15) is 0 Å². The number of piperazine rings is 1. The molecule has 1 fully saturated rings. The molecule has 0 spiro atoms. The first-order chi connectivity index (χ1) is 9.55. The maximum atomic E-state index is 14.3. The summed E-state index contributed by atoms with van der Waals surface area (Å²) in [5, 5.41) is 3.69. The molecule has 0 radical (unpaired) electrons. The SMILES string of the molecule is CCC1CNC(CC)(CC)CN1c1ccc(Br)cc1F. The smallest absolute Gasteiger partial charge is 0.147 e. The minimum Gasteiger partial charge on any atom is -0.363 e. The van der Waals surface area contributed by atoms with Crippen LogP contribution in [0.2, 0.25) is 0 Å². The van der Waals surface area contributed by atoms with Gasteiger partial charge < -0.3 is 10.2 Å². The van der Waals surface area contributed by atoms with E-state index in [9.17, 15) is 4.39 Å². The van der Waals surface area contributed by atoms with Crippen molar-refractivity contribution in [3.63, 3.8) is 0 Å². The molecule has 2 nitrogen and oxygen atoms in total. The van der Waals surface area contributed by atoms with Gasteiger partial charge in [0.2, 0.25) is 0 Å². The summed E-state index contributed by atoms with van der Waals surface area (Å²) in [6.45, 7) is 8.38. The van der Waals surface area contributed by atoms with Crippen LogP contribution in [0.25, 0.3) is 0 Å². The molecule has 0 amide bonds. The molecule has 1 aromatic rings. The summed E-state index contributed by atoms with van der Waals surface area (Å²) in [6, 6.07) is 5.73. The highest BCUT2D eigenvalue weighted by Gasteiger charge is 2.36. The summed E-state index contributed by atoms with van der Waals surface area (Å²) in [5.41, 5.74) is 0.832. The molecule has 1 aliphatic rings. The highest BCUT2D eigenvalue weighted by atomic mass is 79.9. The van der Waals surface area contributed by atoms with Crippen molar-refractivity contribution in [3.05, 3.63) is 28.5 Å². The zero-order valence-electron chi connectivity index (χ0n) is 12.5. The number of halogens is 2. The lowest BCUT2D eigenvalue weighted by atomic mass is 9.87. The molecule has 0 saturated carbocycles. The van der Waals surface area contributed by atoms with Gasteiger partial charge >= 0.3 is 0 Å². The lowest BCUT2D eigenvalue weighted by Gasteiger charge is -2.48. The summed E-state index contributed by atoms with van der Waals surface area (Å²) in [7, 11) is 0. The Labute approximate surface area is 129 Å². The quantitative estimate of drug-likeness (QED) is 0.875. The van der Waals surface area contributed by atoms with E-state index in [2.05, 4.69) is 46.9 Å². The first-order valence-electron chi connectivity index (χ1n) is 7.52. The van der Waals surface area contributed by atoms with Gasteiger partial charge in [0.05, 0.1) is 5.69 Å². The van der Waals surface area contributed by atoms with Crippen LogP contribution in [0.3, 0.4) is 0 Å². The number of hydrogen-bond acceptors (Lipinski definition) is 2. The van der Waals surface area contributed by atoms with Gasteiger partial charge in [-0.3, -0.25) is 0 Å². The Hall–Kier alpha value is -0.610. The van der Waals surface area contributed by atoms with Crippen LogP contribution >= 0.6 is 15.9 Å². The molecular formula is C16H24BrFN2. The van der Waals surface area contributed by atoms with Crippen LogP contribution in [0.15, 0.2) is 22.7 Å². The fraction of sp³-hybridized carbons (Fsp3) is 0.625. The molecule has 1 atom stereocenters. The third kappa shape index (κ3) is 3.01. The Kier molecular flexibility index (Phi) is 5.08. The zero-order chi connectivity index (χ0) is 14.8. The predicted molar refractivity (Wildman–Crippen MR) is 86.8 cm³/mol. The maximum Gasteiger partial charge on any atom is 0.147 e. The van der Waals surface area contributed by atoms with Crippen molar-refractivity contribution in [2.45, 2.75) is 51.6 Å². The predicted octanol–water partition coefficient (Wildman–Crippen LogP) is 4.34. The van der Waals surface area contributed by atoms with E-state index in [0.717, 1.165) is 42.5 Å². The molecule has 1 saturated heterocycles. The van der Waals surface area contributed by atoms with E-state index >= 15 is 0 Å². The number of rotatable bonds is 4. The molecule has 1 N–H and O–H groups in total. The van der Waals surface area contributed by atoms with Crippen molar-refractivity contribution in [1.82, 2.24) is 5.32 Å². The highest BCUT2D eigenvalue weighted by molar-refractivity contribution is 9.10. The van der Waals surface area contributed by atoms with E-state index in [1.807, 2.05) is 12.1 Å². The summed E-state index contributed by atoms with van der Waals surface area (Å²) in [5.74, 6) is -0.138. The van der Waals surface area contributed by atoms with Crippen LogP contribution in [-0.4, -0.2) is 24.7 Å². The number of nitrogens with one attached hydrogen (secondary N) is 1. The van der Waals surface area contributed by atoms with E-state index in [1.165, 1.54) is 0 Å². The molecule has 112 valence electrons. The van der Waals surface area contributed by atoms with Crippen molar-refractivity contribution in [2.75, 3.05) is 18.0 Å². The second-order valence-corrected chi connectivity index (χ2v) is 6.57. The Morgan fingerprint density at radius 3 is 2.60 bits per heavy atom. The molecule has 1 aliphatic heterocycles. The molecule has 1 aromatic carbocycles. The average Bonchev–Trinajstić information content (AvgIpc) is 2.46. The third-order valence-corrected chi connectivity index (χ3v) is 5.16. The first kappa shape index (κ1) is 15.8. The second kappa shape index (κ2) is 6.44. The molecule has 20 heavy (non-hydrogen) atoms. The van der Waals surface area contributed by atoms with Crippen LogP contribution in [0.5, 0.6) is 0 Å². The molecule has 0 aliphatic carbocycles. The lowest BCUT2D eigenvalue weighted by molar-refractivity contribution is 0.245. The molecule has 2 rings (SSSR count). The number of nitrogens with zero attached hydrogens (tertiary/aromatic N) is 1. The topological polar surface area (TPSA) is 15.3 Å². The van der Waals surface area contributed by atoms with Crippen LogP contribution in [0.1, 0.15) is 40.0 Å². The summed E-state index contributed by atoms with van der Waals surface area (Å²) >= 11 is 3.33. The molecular weight excluding hydrogens is 319 g/mol. The molecule has 0 bridgehead atoms. The van der Waals surface area contributed by atoms with Crippen molar-refractivity contribution in [3.8, 4) is 0 Å². The largest absolute Gasteiger partial charge is 0.363 e. The molecule has 0 aromatic heterocycles. The Morgan fingerprint density at radius 1 is 1.35 bits per heavy atom. The number of benzene rings is 1. The van der Waals surface area contributed by atoms with Crippen LogP contribution < -0.4 is 10.2 Å². The van der Waals surface area contributed by atoms with Crippen molar-refractivity contribution in [1.29, 1.82) is 0 Å². The highest BCUT2D eigenvalue weighted by Crippen LogP contribution is 2.31. The van der Waals surface area contributed by atoms with Crippen molar-refractivity contribution in [2.24, 2.45) is 0 Å². The third-order valence-electron chi connectivity index (χ3n) is 4.67. The van der Waals surface area contributed by atoms with E-state index in [1.54, 1.807) is 6.07 Å². The van der Waals surface area contributed by atoms with Gasteiger partial charge in [-0.15, -0.1) is 0 Å². The molecule has 1 heterocycles. The van der Waals surface area contributed by atoms with Gasteiger partial charge in [0.25, 0.3) is 0 Å². The summed E-state index contributed by atoms with van der Waals surface area (Å²) < 4.78 is 15.1. The van der Waals surface area contributed by atoms with Gasteiger partial charge in [-0.25, -0.2) is 4.39 Å². The monoisotopic (exact) mass is 342 g/mol. The van der Waals surface area contributed by atoms with Gasteiger partial charge in [-0.1, -0.05) is 36.7 Å². The fourth-order valence-corrected chi connectivity index (χ4v) is 3.37. The van der Waals surface area contributed by atoms with Crippen LogP contribution in [0, 0.1) is 5.82 Å². The Bertz CT molecular complexity index is 460. The van der Waals surface area contributed by atoms with E-state index in [4.69, 9.17) is 0 Å². The standard InChI is InChI=1S/C16H24BrFN2/c1-4-13-10-19-16(5-2,6-3)11-20(13)15-8-7-12(17)9-14(15)18/h7-9,13,19H,4-6,10-11H2,1-3H3. The normalized spacial score (nSPS) is 22.1. The number of hydrogen-bond donors (Lipinski definition) is 1. The Balaban J connectivity index is 2.33. The van der Waals surface area contributed by atoms with Crippen LogP contribution in [0.4, 0.5) is 10.1 Å². The summed E-state index contributed by atoms with van der Waals surface area (Å²) in [4.78, 5) is 2.26. The van der Waals surface area contributed by atoms with E-state index in [-0.39, 0.29) is 11.4 Å². The average molecular weight is 343 g/mol. The molecule has 1 unspecified atom stereocenters. The van der Waals surface area contributed by atoms with E-state index in [0.29, 0.717) is 6.04 Å². The zero-order valence-corrected chi connectivity index (χ0v) is 14.1. The van der Waals surface area contributed by atoms with Gasteiger partial charge in [0.15, 0.2) is 0 Å². The minimum atomic E-state index is -0.138. The van der Waals surface area contributed by atoms with Crippen LogP contribution in [-0.2, 0) is 0 Å². The van der Waals surface area contributed by atoms with Crippen molar-refractivity contribution >= 4 is 21.6 Å². The lowest BCUT2D eigenvalue weighted by Crippen LogP contribution is -2.64. The second-order valence-electron chi connectivity index (χ2n) is 5.65. The number of anilines is 1. The van der Waals surface area contributed by atoms with Crippen molar-refractivity contribution < 1.29 is 4.39 Å². The first-order valence-corrected chi connectivity index (χ1v) is 8.31. The van der Waals surface area contributed by atoms with E-state index < -0.39 is 0 Å². The van der Waals surface area contributed by atoms with Gasteiger partial charge in [-0.05, 0) is 37.5 Å². The Morgan fingerprint density at radius 2 is 2.05 bits per heavy atom. The maximum absolute atomic E-state index is 14.3. The fourth-order valence-electron chi connectivity index (χ4n) is 3.04. The molecule has 4 heteroatoms. The minimum absolute atomic E-state index is 0.102. The summed E-state index contributed by atoms with van der Waals surface area (Å²) in [6.07, 6.45) is 3.15. The van der Waals surface area contributed by atoms with Gasteiger partial charge in [0.1, 0.15) is 5.82 Å².